The van der Waals surface area contributed by atoms with E-state index in [2.05, 4.69) is 32.2 Å². The van der Waals surface area contributed by atoms with Crippen LogP contribution in [0, 0.1) is 5.92 Å². The fraction of sp³-hybridized carbons (Fsp3) is 0.471. The van der Waals surface area contributed by atoms with Gasteiger partial charge in [0, 0.05) is 30.5 Å². The van der Waals surface area contributed by atoms with Crippen molar-refractivity contribution in [1.29, 1.82) is 0 Å². The SMILES string of the molecule is C=C1C(/C(=N\OC2(C(=O)O)CC2)c2csc(N)n2)C(Cn2ncc(CNC)n2)N1S(=O)(=O)O. The number of nitrogens with two attached hydrogens (primary N) is 1. The monoisotopic (exact) mass is 498 g/mol. The molecule has 0 aromatic carbocycles. The van der Waals surface area contributed by atoms with E-state index in [1.54, 1.807) is 12.4 Å². The Morgan fingerprint density at radius 1 is 1.52 bits per heavy atom. The molecule has 2 fully saturated rings. The van der Waals surface area contributed by atoms with Gasteiger partial charge in [-0.25, -0.2) is 14.1 Å². The summed E-state index contributed by atoms with van der Waals surface area (Å²) in [6.07, 6.45) is 2.10. The fourth-order valence-electron chi connectivity index (χ4n) is 3.58. The van der Waals surface area contributed by atoms with Gasteiger partial charge in [0.05, 0.1) is 30.4 Å². The highest BCUT2D eigenvalue weighted by Crippen LogP contribution is 2.43. The molecule has 2 aliphatic rings. The van der Waals surface area contributed by atoms with Gasteiger partial charge in [-0.1, -0.05) is 11.7 Å². The number of carboxylic acids is 1. The number of nitrogen functional groups attached to an aromatic ring is 1. The maximum atomic E-state index is 12.0. The van der Waals surface area contributed by atoms with Crippen molar-refractivity contribution in [3.8, 4) is 0 Å². The lowest BCUT2D eigenvalue weighted by molar-refractivity contribution is -0.153. The van der Waals surface area contributed by atoms with E-state index in [4.69, 9.17) is 10.6 Å². The highest BCUT2D eigenvalue weighted by molar-refractivity contribution is 7.83. The quantitative estimate of drug-likeness (QED) is 0.190. The lowest BCUT2D eigenvalue weighted by atomic mass is 9.82. The van der Waals surface area contributed by atoms with Gasteiger partial charge in [-0.05, 0) is 7.05 Å². The Morgan fingerprint density at radius 3 is 2.79 bits per heavy atom. The lowest BCUT2D eigenvalue weighted by Gasteiger charge is -2.48. The van der Waals surface area contributed by atoms with Crippen LogP contribution in [-0.2, 0) is 33.0 Å². The molecular weight excluding hydrogens is 476 g/mol. The Labute approximate surface area is 192 Å². The van der Waals surface area contributed by atoms with E-state index < -0.39 is 33.8 Å². The molecule has 2 aromatic heterocycles. The molecule has 16 heteroatoms. The van der Waals surface area contributed by atoms with Crippen LogP contribution in [0.25, 0.3) is 0 Å². The first-order valence-electron chi connectivity index (χ1n) is 9.76. The second-order valence-corrected chi connectivity index (χ2v) is 9.85. The maximum Gasteiger partial charge on any atom is 0.360 e. The summed E-state index contributed by atoms with van der Waals surface area (Å²) in [5.41, 5.74) is 5.41. The largest absolute Gasteiger partial charge is 0.478 e. The maximum absolute atomic E-state index is 12.0. The van der Waals surface area contributed by atoms with Crippen molar-refractivity contribution in [2.24, 2.45) is 11.1 Å². The summed E-state index contributed by atoms with van der Waals surface area (Å²) in [6, 6.07) is -0.924. The molecule has 33 heavy (non-hydrogen) atoms. The van der Waals surface area contributed by atoms with Crippen LogP contribution in [0.5, 0.6) is 0 Å². The molecule has 1 aliphatic heterocycles. The van der Waals surface area contributed by atoms with Crippen LogP contribution in [0.3, 0.4) is 0 Å². The number of rotatable bonds is 10. The van der Waals surface area contributed by atoms with Crippen molar-refractivity contribution in [2.75, 3.05) is 12.8 Å². The minimum absolute atomic E-state index is 0.0131. The van der Waals surface area contributed by atoms with Crippen molar-refractivity contribution < 1.29 is 27.7 Å². The Morgan fingerprint density at radius 2 is 2.24 bits per heavy atom. The zero-order valence-corrected chi connectivity index (χ0v) is 19.1. The Hall–Kier alpha value is -3.08. The van der Waals surface area contributed by atoms with Gasteiger partial charge >= 0.3 is 16.3 Å². The summed E-state index contributed by atoms with van der Waals surface area (Å²) < 4.78 is 34.6. The number of nitrogens with one attached hydrogen (secondary N) is 1. The number of hydrogen-bond donors (Lipinski definition) is 4. The number of nitrogens with zero attached hydrogens (tertiary/aromatic N) is 6. The zero-order chi connectivity index (χ0) is 24.0. The van der Waals surface area contributed by atoms with Gasteiger partial charge in [-0.2, -0.15) is 23.4 Å². The van der Waals surface area contributed by atoms with Crippen molar-refractivity contribution in [2.45, 2.75) is 37.6 Å². The average Bonchev–Trinajstić information content (AvgIpc) is 3.20. The second-order valence-electron chi connectivity index (χ2n) is 7.67. The smallest absolute Gasteiger partial charge is 0.360 e. The molecule has 2 unspecified atom stereocenters. The number of anilines is 1. The van der Waals surface area contributed by atoms with Gasteiger partial charge in [0.1, 0.15) is 11.4 Å². The van der Waals surface area contributed by atoms with E-state index in [0.29, 0.717) is 12.2 Å². The lowest BCUT2D eigenvalue weighted by Crippen LogP contribution is -2.60. The summed E-state index contributed by atoms with van der Waals surface area (Å²) in [5.74, 6) is -1.94. The summed E-state index contributed by atoms with van der Waals surface area (Å²) >= 11 is 1.13. The molecule has 14 nitrogen and oxygen atoms in total. The van der Waals surface area contributed by atoms with E-state index >= 15 is 0 Å². The second kappa shape index (κ2) is 8.36. The van der Waals surface area contributed by atoms with Crippen LogP contribution < -0.4 is 11.1 Å². The van der Waals surface area contributed by atoms with Crippen LogP contribution in [0.2, 0.25) is 0 Å². The van der Waals surface area contributed by atoms with Crippen molar-refractivity contribution >= 4 is 38.5 Å². The first-order chi connectivity index (χ1) is 15.6. The Balaban J connectivity index is 1.70. The fourth-order valence-corrected chi connectivity index (χ4v) is 5.07. The van der Waals surface area contributed by atoms with Crippen molar-refractivity contribution in [1.82, 2.24) is 29.6 Å². The predicted octanol–water partition coefficient (Wildman–Crippen LogP) is -0.309. The Kier molecular flexibility index (Phi) is 5.85. The number of thiazole rings is 1. The van der Waals surface area contributed by atoms with Gasteiger partial charge in [0.2, 0.25) is 5.60 Å². The normalized spacial score (nSPS) is 22.2. The molecule has 178 valence electrons. The average molecular weight is 499 g/mol. The third kappa shape index (κ3) is 4.41. The van der Waals surface area contributed by atoms with Crippen molar-refractivity contribution in [3.05, 3.63) is 35.2 Å². The minimum Gasteiger partial charge on any atom is -0.478 e. The van der Waals surface area contributed by atoms with E-state index in [-0.39, 0.29) is 41.6 Å². The summed E-state index contributed by atoms with van der Waals surface area (Å²) in [4.78, 5) is 22.4. The molecule has 3 heterocycles. The van der Waals surface area contributed by atoms with Crippen LogP contribution in [-0.4, -0.2) is 72.7 Å². The summed E-state index contributed by atoms with van der Waals surface area (Å²) in [6.45, 7) is 4.19. The molecule has 0 radical (unpaired) electrons. The number of aromatic nitrogens is 4. The zero-order valence-electron chi connectivity index (χ0n) is 17.4. The first-order valence-corrected chi connectivity index (χ1v) is 12.0. The molecule has 4 rings (SSSR count). The number of carbonyl (C=O) groups is 1. The molecular formula is C17H22N8O6S2. The van der Waals surface area contributed by atoms with Crippen molar-refractivity contribution in [3.63, 3.8) is 0 Å². The van der Waals surface area contributed by atoms with Crippen LogP contribution in [0.15, 0.2) is 29.0 Å². The molecule has 2 atom stereocenters. The number of hydrogen-bond acceptors (Lipinski definition) is 11. The first kappa shape index (κ1) is 23.1. The number of aliphatic carboxylic acids is 1. The summed E-state index contributed by atoms with van der Waals surface area (Å²) in [7, 11) is -2.91. The van der Waals surface area contributed by atoms with Gasteiger partial charge in [0.25, 0.3) is 0 Å². The van der Waals surface area contributed by atoms with E-state index in [1.807, 2.05) is 0 Å². The molecule has 1 saturated carbocycles. The highest BCUT2D eigenvalue weighted by Gasteiger charge is 2.56. The molecule has 1 aliphatic carbocycles. The topological polar surface area (TPSA) is 198 Å². The number of oxime groups is 1. The standard InChI is InChI=1S/C17H22N8O6S2/c1-9-13(12(25(9)33(28,29)30)7-24-20-6-10(22-24)5-19-2)14(11-8-32-16(18)21-11)23-31-17(3-4-17)15(26)27/h6,8,12-13,19H,1,3-5,7H2,2H3,(H2,18,21)(H,26,27)(H,28,29,30)/b23-14-. The third-order valence-electron chi connectivity index (χ3n) is 5.36. The molecule has 2 aromatic rings. The highest BCUT2D eigenvalue weighted by atomic mass is 32.2. The van der Waals surface area contributed by atoms with Crippen LogP contribution in [0.4, 0.5) is 5.13 Å². The third-order valence-corrected chi connectivity index (χ3v) is 7.04. The molecule has 5 N–H and O–H groups in total. The molecule has 0 spiro atoms. The van der Waals surface area contributed by atoms with Crippen LogP contribution >= 0.6 is 11.3 Å². The molecule has 1 saturated heterocycles. The summed E-state index contributed by atoms with van der Waals surface area (Å²) in [5, 5.41) is 26.7. The van der Waals surface area contributed by atoms with Gasteiger partial charge in [-0.15, -0.1) is 11.3 Å². The van der Waals surface area contributed by atoms with E-state index in [1.165, 1.54) is 11.0 Å². The molecule has 0 bridgehead atoms. The van der Waals surface area contributed by atoms with Gasteiger partial charge in [-0.3, -0.25) is 4.55 Å². The minimum atomic E-state index is -4.66. The van der Waals surface area contributed by atoms with E-state index in [0.717, 1.165) is 15.6 Å². The van der Waals surface area contributed by atoms with Gasteiger partial charge in [0.15, 0.2) is 5.13 Å². The van der Waals surface area contributed by atoms with Crippen LogP contribution in [0.1, 0.15) is 24.2 Å². The molecule has 0 amide bonds. The van der Waals surface area contributed by atoms with Gasteiger partial charge < -0.3 is 21.0 Å². The predicted molar refractivity (Wildman–Crippen MR) is 116 cm³/mol. The Bertz CT molecular complexity index is 1220. The number of carboxylic acid groups (broad SMARTS) is 1. The van der Waals surface area contributed by atoms with E-state index in [9.17, 15) is 22.9 Å².